The van der Waals surface area contributed by atoms with Gasteiger partial charge < -0.3 is 10.1 Å². The molecule has 0 aliphatic carbocycles. The fourth-order valence-electron chi connectivity index (χ4n) is 1.99. The first kappa shape index (κ1) is 7.10. The Hall–Kier alpha value is -0.570. The minimum Gasteiger partial charge on any atom is -0.376 e. The fraction of sp³-hybridized carbons (Fsp3) is 0.875. The molecule has 1 unspecified atom stereocenters. The number of nitrogens with one attached hydrogen (secondary N) is 1. The molecule has 0 saturated carbocycles. The molecule has 2 fully saturated rings. The van der Waals surface area contributed by atoms with E-state index in [4.69, 9.17) is 4.74 Å². The van der Waals surface area contributed by atoms with E-state index in [1.807, 2.05) is 0 Å². The molecule has 2 aliphatic heterocycles. The third-order valence-corrected chi connectivity index (χ3v) is 2.43. The Morgan fingerprint density at radius 3 is 2.82 bits per heavy atom. The topological polar surface area (TPSA) is 38.3 Å². The van der Waals surface area contributed by atoms with Crippen LogP contribution in [0.5, 0.6) is 0 Å². The fourth-order valence-corrected chi connectivity index (χ4v) is 1.99. The van der Waals surface area contributed by atoms with E-state index < -0.39 is 0 Å². The zero-order valence-corrected chi connectivity index (χ0v) is 6.72. The minimum absolute atomic E-state index is 0.0226. The number of amides is 1. The summed E-state index contributed by atoms with van der Waals surface area (Å²) in [5.74, 6) is 0.708. The molecule has 1 atom stereocenters. The van der Waals surface area contributed by atoms with Gasteiger partial charge in [-0.1, -0.05) is 6.92 Å². The molecule has 0 radical (unpaired) electrons. The van der Waals surface area contributed by atoms with Crippen LogP contribution >= 0.6 is 0 Å². The van der Waals surface area contributed by atoms with Crippen LogP contribution in [0.3, 0.4) is 0 Å². The van der Waals surface area contributed by atoms with Crippen molar-refractivity contribution in [3.8, 4) is 0 Å². The molecule has 0 aromatic carbocycles. The van der Waals surface area contributed by atoms with Gasteiger partial charge in [-0.25, -0.2) is 0 Å². The molecular formula is C8H13NO2. The standard InChI is InChI=1S/C8H13NO2/c1-6-2-7(10)9-8(3-6)4-11-5-8/h6H,2-5H2,1H3,(H,9,10). The van der Waals surface area contributed by atoms with E-state index in [0.717, 1.165) is 6.42 Å². The van der Waals surface area contributed by atoms with Gasteiger partial charge in [0.25, 0.3) is 0 Å². The average molecular weight is 155 g/mol. The average Bonchev–Trinajstić information content (AvgIpc) is 1.82. The highest BCUT2D eigenvalue weighted by Crippen LogP contribution is 2.30. The van der Waals surface area contributed by atoms with Crippen molar-refractivity contribution in [2.45, 2.75) is 25.3 Å². The molecule has 0 bridgehead atoms. The minimum atomic E-state index is 0.0226. The summed E-state index contributed by atoms with van der Waals surface area (Å²) < 4.78 is 5.10. The van der Waals surface area contributed by atoms with Gasteiger partial charge in [-0.3, -0.25) is 4.79 Å². The van der Waals surface area contributed by atoms with Crippen molar-refractivity contribution in [2.24, 2.45) is 5.92 Å². The number of carbonyl (C=O) groups excluding carboxylic acids is 1. The SMILES string of the molecule is CC1CC(=O)NC2(COC2)C1. The van der Waals surface area contributed by atoms with Crippen molar-refractivity contribution >= 4 is 5.91 Å². The van der Waals surface area contributed by atoms with E-state index in [1.54, 1.807) is 0 Å². The van der Waals surface area contributed by atoms with Crippen molar-refractivity contribution < 1.29 is 9.53 Å². The Morgan fingerprint density at radius 2 is 2.36 bits per heavy atom. The van der Waals surface area contributed by atoms with Crippen molar-refractivity contribution in [3.05, 3.63) is 0 Å². The summed E-state index contributed by atoms with van der Waals surface area (Å²) in [7, 11) is 0. The number of hydrogen-bond acceptors (Lipinski definition) is 2. The van der Waals surface area contributed by atoms with Gasteiger partial charge in [-0.15, -0.1) is 0 Å². The van der Waals surface area contributed by atoms with Crippen LogP contribution in [0.1, 0.15) is 19.8 Å². The molecule has 11 heavy (non-hydrogen) atoms. The van der Waals surface area contributed by atoms with Crippen LogP contribution in [0.25, 0.3) is 0 Å². The van der Waals surface area contributed by atoms with Crippen LogP contribution in [-0.4, -0.2) is 24.7 Å². The second kappa shape index (κ2) is 2.21. The van der Waals surface area contributed by atoms with Gasteiger partial charge in [0, 0.05) is 6.42 Å². The van der Waals surface area contributed by atoms with E-state index in [9.17, 15) is 4.79 Å². The molecule has 2 saturated heterocycles. The van der Waals surface area contributed by atoms with Gasteiger partial charge in [-0.2, -0.15) is 0 Å². The van der Waals surface area contributed by atoms with Crippen LogP contribution in [0, 0.1) is 5.92 Å². The molecule has 3 heteroatoms. The van der Waals surface area contributed by atoms with Crippen LogP contribution in [0.4, 0.5) is 0 Å². The first-order valence-corrected chi connectivity index (χ1v) is 4.09. The maximum Gasteiger partial charge on any atom is 0.220 e. The summed E-state index contributed by atoms with van der Waals surface area (Å²) in [6.45, 7) is 3.55. The smallest absolute Gasteiger partial charge is 0.220 e. The first-order chi connectivity index (χ1) is 5.20. The second-order valence-electron chi connectivity index (χ2n) is 3.83. The Labute approximate surface area is 66.1 Å². The predicted octanol–water partition coefficient (Wildman–Crippen LogP) is 0.301. The maximum atomic E-state index is 11.1. The third kappa shape index (κ3) is 1.13. The van der Waals surface area contributed by atoms with Crippen molar-refractivity contribution in [3.63, 3.8) is 0 Å². The normalized spacial score (nSPS) is 34.6. The number of carbonyl (C=O) groups is 1. The van der Waals surface area contributed by atoms with Gasteiger partial charge >= 0.3 is 0 Å². The maximum absolute atomic E-state index is 11.1. The number of piperidine rings is 1. The second-order valence-corrected chi connectivity index (χ2v) is 3.83. The van der Waals surface area contributed by atoms with Crippen LogP contribution in [-0.2, 0) is 9.53 Å². The zero-order valence-electron chi connectivity index (χ0n) is 6.72. The van der Waals surface area contributed by atoms with Crippen LogP contribution in [0.15, 0.2) is 0 Å². The number of hydrogen-bond donors (Lipinski definition) is 1. The monoisotopic (exact) mass is 155 g/mol. The highest BCUT2D eigenvalue weighted by Gasteiger charge is 2.44. The summed E-state index contributed by atoms with van der Waals surface area (Å²) in [4.78, 5) is 11.1. The Balaban J connectivity index is 2.06. The van der Waals surface area contributed by atoms with E-state index in [2.05, 4.69) is 12.2 Å². The third-order valence-electron chi connectivity index (χ3n) is 2.43. The van der Waals surface area contributed by atoms with Gasteiger partial charge in [0.1, 0.15) is 0 Å². The molecule has 0 aromatic heterocycles. The molecule has 2 rings (SSSR count). The van der Waals surface area contributed by atoms with Crippen LogP contribution in [0.2, 0.25) is 0 Å². The van der Waals surface area contributed by atoms with E-state index >= 15 is 0 Å². The Kier molecular flexibility index (Phi) is 1.42. The summed E-state index contributed by atoms with van der Waals surface area (Å²) in [5, 5.41) is 3.00. The molecular weight excluding hydrogens is 142 g/mol. The lowest BCUT2D eigenvalue weighted by Crippen LogP contribution is -2.65. The molecule has 2 heterocycles. The lowest BCUT2D eigenvalue weighted by molar-refractivity contribution is -0.142. The molecule has 62 valence electrons. The zero-order chi connectivity index (χ0) is 7.90. The quantitative estimate of drug-likeness (QED) is 0.546. The van der Waals surface area contributed by atoms with Crippen molar-refractivity contribution in [2.75, 3.05) is 13.2 Å². The van der Waals surface area contributed by atoms with Gasteiger partial charge in [0.15, 0.2) is 0 Å². The highest BCUT2D eigenvalue weighted by atomic mass is 16.5. The molecule has 0 aromatic rings. The Bertz CT molecular complexity index is 187. The van der Waals surface area contributed by atoms with Crippen molar-refractivity contribution in [1.29, 1.82) is 0 Å². The van der Waals surface area contributed by atoms with Gasteiger partial charge in [0.2, 0.25) is 5.91 Å². The lowest BCUT2D eigenvalue weighted by atomic mass is 9.81. The molecule has 1 amide bonds. The van der Waals surface area contributed by atoms with Gasteiger partial charge in [-0.05, 0) is 12.3 Å². The highest BCUT2D eigenvalue weighted by molar-refractivity contribution is 5.78. The summed E-state index contributed by atoms with van der Waals surface area (Å²) in [6, 6.07) is 0. The predicted molar refractivity (Wildman–Crippen MR) is 40.1 cm³/mol. The number of rotatable bonds is 0. The lowest BCUT2D eigenvalue weighted by Gasteiger charge is -2.46. The van der Waals surface area contributed by atoms with E-state index in [1.165, 1.54) is 0 Å². The van der Waals surface area contributed by atoms with E-state index in [-0.39, 0.29) is 11.4 Å². The summed E-state index contributed by atoms with van der Waals surface area (Å²) in [5.41, 5.74) is 0.0226. The molecule has 1 N–H and O–H groups in total. The summed E-state index contributed by atoms with van der Waals surface area (Å²) in [6.07, 6.45) is 1.76. The molecule has 1 spiro atoms. The largest absolute Gasteiger partial charge is 0.376 e. The molecule has 3 nitrogen and oxygen atoms in total. The van der Waals surface area contributed by atoms with E-state index in [0.29, 0.717) is 25.6 Å². The summed E-state index contributed by atoms with van der Waals surface area (Å²) >= 11 is 0. The van der Waals surface area contributed by atoms with Crippen LogP contribution < -0.4 is 5.32 Å². The number of ether oxygens (including phenoxy) is 1. The Morgan fingerprint density at radius 1 is 1.64 bits per heavy atom. The van der Waals surface area contributed by atoms with Gasteiger partial charge in [0.05, 0.1) is 18.8 Å². The first-order valence-electron chi connectivity index (χ1n) is 4.09. The van der Waals surface area contributed by atoms with Crippen molar-refractivity contribution in [1.82, 2.24) is 5.32 Å². The molecule has 2 aliphatic rings.